The average Bonchev–Trinajstić information content (AvgIpc) is 3.10. The second-order valence-electron chi connectivity index (χ2n) is 8.18. The molecule has 1 N–H and O–H groups in total. The molecule has 1 atom stereocenters. The van der Waals surface area contributed by atoms with Gasteiger partial charge in [0.15, 0.2) is 5.16 Å². The van der Waals surface area contributed by atoms with Crippen molar-refractivity contribution in [3.8, 4) is 5.75 Å². The van der Waals surface area contributed by atoms with Gasteiger partial charge in [-0.25, -0.2) is 4.98 Å². The summed E-state index contributed by atoms with van der Waals surface area (Å²) in [4.78, 5) is 30.4. The Kier molecular flexibility index (Phi) is 6.74. The van der Waals surface area contributed by atoms with Crippen LogP contribution in [0.2, 0.25) is 0 Å². The third-order valence-corrected chi connectivity index (χ3v) is 6.86. The lowest BCUT2D eigenvalue weighted by Crippen LogP contribution is -2.34. The van der Waals surface area contributed by atoms with Gasteiger partial charge in [-0.2, -0.15) is 0 Å². The van der Waals surface area contributed by atoms with E-state index in [1.807, 2.05) is 54.9 Å². The van der Waals surface area contributed by atoms with Crippen LogP contribution in [-0.2, 0) is 25.3 Å². The van der Waals surface area contributed by atoms with Crippen molar-refractivity contribution >= 4 is 39.6 Å². The summed E-state index contributed by atoms with van der Waals surface area (Å²) in [5, 5.41) is 4.41. The van der Waals surface area contributed by atoms with Crippen LogP contribution in [0.25, 0.3) is 21.9 Å². The summed E-state index contributed by atoms with van der Waals surface area (Å²) in [6, 6.07) is 16.0. The van der Waals surface area contributed by atoms with Gasteiger partial charge in [-0.15, -0.1) is 0 Å². The van der Waals surface area contributed by atoms with Gasteiger partial charge in [0.25, 0.3) is 5.56 Å². The van der Waals surface area contributed by atoms with Gasteiger partial charge < -0.3 is 14.6 Å². The fourth-order valence-corrected chi connectivity index (χ4v) is 4.76. The number of nitrogens with one attached hydrogen (secondary N) is 1. The van der Waals surface area contributed by atoms with Crippen molar-refractivity contribution in [1.29, 1.82) is 0 Å². The van der Waals surface area contributed by atoms with E-state index >= 15 is 0 Å². The molecule has 2 aromatic carbocycles. The standard InChI is InChI=1S/C25H28N4O3S/c1-16(10-11-17-8-6-5-7-9-17)26-21(30)15-33-25-27-22-19-14-18(32-4)12-13-20(19)28(2)23(22)24(31)29(25)3/h5-9,12-14,16H,10-11,15H2,1-4H3,(H,26,30)/t16-/m1/s1. The van der Waals surface area contributed by atoms with Gasteiger partial charge in [0.2, 0.25) is 5.91 Å². The van der Waals surface area contributed by atoms with E-state index in [1.165, 1.54) is 21.9 Å². The number of thioether (sulfide) groups is 1. The molecule has 33 heavy (non-hydrogen) atoms. The fourth-order valence-electron chi connectivity index (χ4n) is 3.98. The smallest absolute Gasteiger partial charge is 0.278 e. The Hall–Kier alpha value is -3.26. The topological polar surface area (TPSA) is 78.2 Å². The number of nitrogens with zero attached hydrogens (tertiary/aromatic N) is 3. The number of aromatic nitrogens is 3. The van der Waals surface area contributed by atoms with E-state index in [0.29, 0.717) is 21.9 Å². The monoisotopic (exact) mass is 464 g/mol. The van der Waals surface area contributed by atoms with E-state index in [9.17, 15) is 9.59 Å². The highest BCUT2D eigenvalue weighted by atomic mass is 32.2. The van der Waals surface area contributed by atoms with Gasteiger partial charge in [0.05, 0.1) is 18.4 Å². The number of benzene rings is 2. The van der Waals surface area contributed by atoms with E-state index in [4.69, 9.17) is 9.72 Å². The van der Waals surface area contributed by atoms with E-state index in [1.54, 1.807) is 14.2 Å². The molecule has 0 radical (unpaired) electrons. The Morgan fingerprint density at radius 1 is 1.15 bits per heavy atom. The lowest BCUT2D eigenvalue weighted by atomic mass is 10.1. The van der Waals surface area contributed by atoms with Gasteiger partial charge in [-0.05, 0) is 43.5 Å². The normalized spacial score (nSPS) is 12.2. The van der Waals surface area contributed by atoms with Crippen LogP contribution in [0, 0.1) is 0 Å². The SMILES string of the molecule is COc1ccc2c(c1)c1nc(SCC(=O)N[C@H](C)CCc3ccccc3)n(C)c(=O)c1n2C. The van der Waals surface area contributed by atoms with Gasteiger partial charge in [0.1, 0.15) is 16.8 Å². The van der Waals surface area contributed by atoms with Crippen LogP contribution in [0.4, 0.5) is 0 Å². The molecule has 0 fully saturated rings. The van der Waals surface area contributed by atoms with Crippen LogP contribution in [-0.4, -0.2) is 38.9 Å². The second-order valence-corrected chi connectivity index (χ2v) is 9.12. The maximum Gasteiger partial charge on any atom is 0.278 e. The van der Waals surface area contributed by atoms with Gasteiger partial charge in [-0.3, -0.25) is 14.2 Å². The molecule has 7 nitrogen and oxygen atoms in total. The first-order chi connectivity index (χ1) is 15.9. The largest absolute Gasteiger partial charge is 0.497 e. The minimum atomic E-state index is -0.142. The van der Waals surface area contributed by atoms with Crippen LogP contribution in [0.1, 0.15) is 18.9 Å². The number of hydrogen-bond acceptors (Lipinski definition) is 5. The zero-order valence-corrected chi connectivity index (χ0v) is 20.1. The molecule has 0 saturated heterocycles. The van der Waals surface area contributed by atoms with Gasteiger partial charge >= 0.3 is 0 Å². The molecule has 8 heteroatoms. The maximum absolute atomic E-state index is 13.1. The minimum absolute atomic E-state index is 0.0584. The second kappa shape index (κ2) is 9.70. The summed E-state index contributed by atoms with van der Waals surface area (Å²) >= 11 is 1.27. The van der Waals surface area contributed by atoms with Crippen molar-refractivity contribution in [2.24, 2.45) is 14.1 Å². The van der Waals surface area contributed by atoms with Crippen LogP contribution >= 0.6 is 11.8 Å². The van der Waals surface area contributed by atoms with Crippen molar-refractivity contribution in [3.05, 3.63) is 64.4 Å². The molecule has 0 bridgehead atoms. The third kappa shape index (κ3) is 4.75. The number of carbonyl (C=O) groups is 1. The summed E-state index contributed by atoms with van der Waals surface area (Å²) in [6.07, 6.45) is 1.77. The molecule has 4 aromatic rings. The quantitative estimate of drug-likeness (QED) is 0.318. The predicted octanol–water partition coefficient (Wildman–Crippen LogP) is 3.66. The molecule has 0 saturated carbocycles. The zero-order valence-electron chi connectivity index (χ0n) is 19.3. The molecule has 1 amide bonds. The maximum atomic E-state index is 13.1. The highest BCUT2D eigenvalue weighted by Crippen LogP contribution is 2.29. The van der Waals surface area contributed by atoms with E-state index in [2.05, 4.69) is 17.4 Å². The number of hydrogen-bond donors (Lipinski definition) is 1. The lowest BCUT2D eigenvalue weighted by Gasteiger charge is -2.14. The Morgan fingerprint density at radius 3 is 2.64 bits per heavy atom. The van der Waals surface area contributed by atoms with Crippen molar-refractivity contribution in [1.82, 2.24) is 19.4 Å². The highest BCUT2D eigenvalue weighted by Gasteiger charge is 2.18. The fraction of sp³-hybridized carbons (Fsp3) is 0.320. The van der Waals surface area contributed by atoms with Gasteiger partial charge in [0, 0.05) is 25.5 Å². The molecule has 2 heterocycles. The summed E-state index contributed by atoms with van der Waals surface area (Å²) < 4.78 is 8.72. The molecule has 2 aromatic heterocycles. The molecule has 172 valence electrons. The van der Waals surface area contributed by atoms with Crippen LogP contribution in [0.3, 0.4) is 0 Å². The lowest BCUT2D eigenvalue weighted by molar-refractivity contribution is -0.119. The molecule has 0 aliphatic rings. The molecule has 4 rings (SSSR count). The Morgan fingerprint density at radius 2 is 1.91 bits per heavy atom. The van der Waals surface area contributed by atoms with Crippen LogP contribution < -0.4 is 15.6 Å². The Labute approximate surface area is 196 Å². The van der Waals surface area contributed by atoms with Crippen molar-refractivity contribution in [2.45, 2.75) is 31.0 Å². The van der Waals surface area contributed by atoms with E-state index < -0.39 is 0 Å². The number of methoxy groups -OCH3 is 1. The number of ether oxygens (including phenoxy) is 1. The van der Waals surface area contributed by atoms with Crippen molar-refractivity contribution in [3.63, 3.8) is 0 Å². The zero-order chi connectivity index (χ0) is 23.5. The van der Waals surface area contributed by atoms with E-state index in [0.717, 1.165) is 23.7 Å². The average molecular weight is 465 g/mol. The molecule has 0 aliphatic carbocycles. The first kappa shape index (κ1) is 22.9. The number of aryl methyl sites for hydroxylation is 2. The summed E-state index contributed by atoms with van der Waals surface area (Å²) in [5.41, 5.74) is 3.17. The number of carbonyl (C=O) groups excluding carboxylic acids is 1. The Bertz CT molecular complexity index is 1360. The molecular weight excluding hydrogens is 436 g/mol. The van der Waals surface area contributed by atoms with Gasteiger partial charge in [-0.1, -0.05) is 42.1 Å². The number of amides is 1. The van der Waals surface area contributed by atoms with E-state index in [-0.39, 0.29) is 23.3 Å². The number of rotatable bonds is 8. The van der Waals surface area contributed by atoms with Crippen LogP contribution in [0.15, 0.2) is 58.5 Å². The molecular formula is C25H28N4O3S. The molecule has 0 spiro atoms. The molecule has 0 aliphatic heterocycles. The summed E-state index contributed by atoms with van der Waals surface area (Å²) in [7, 11) is 5.16. The summed E-state index contributed by atoms with van der Waals surface area (Å²) in [6.45, 7) is 2.01. The highest BCUT2D eigenvalue weighted by molar-refractivity contribution is 7.99. The third-order valence-electron chi connectivity index (χ3n) is 5.83. The minimum Gasteiger partial charge on any atom is -0.497 e. The first-order valence-electron chi connectivity index (χ1n) is 10.9. The van der Waals surface area contributed by atoms with Crippen molar-refractivity contribution < 1.29 is 9.53 Å². The number of fused-ring (bicyclic) bond motifs is 3. The Balaban J connectivity index is 1.49. The molecule has 0 unspecified atom stereocenters. The predicted molar refractivity (Wildman–Crippen MR) is 133 cm³/mol. The summed E-state index contributed by atoms with van der Waals surface area (Å²) in [5.74, 6) is 0.820. The van der Waals surface area contributed by atoms with Crippen LogP contribution in [0.5, 0.6) is 5.75 Å². The van der Waals surface area contributed by atoms with Crippen molar-refractivity contribution in [2.75, 3.05) is 12.9 Å². The first-order valence-corrected chi connectivity index (χ1v) is 11.9.